The number of hydrogen-bond donors (Lipinski definition) is 1. The van der Waals surface area contributed by atoms with Crippen LogP contribution in [-0.2, 0) is 26.2 Å². The van der Waals surface area contributed by atoms with Crippen LogP contribution in [-0.4, -0.2) is 64.2 Å². The van der Waals surface area contributed by atoms with E-state index in [0.29, 0.717) is 22.8 Å². The van der Waals surface area contributed by atoms with Gasteiger partial charge < -0.3 is 19.7 Å². The van der Waals surface area contributed by atoms with E-state index in [4.69, 9.17) is 21.1 Å². The van der Waals surface area contributed by atoms with Crippen molar-refractivity contribution in [1.29, 1.82) is 0 Å². The van der Waals surface area contributed by atoms with Crippen LogP contribution in [0.25, 0.3) is 0 Å². The lowest BCUT2D eigenvalue weighted by Gasteiger charge is -2.34. The summed E-state index contributed by atoms with van der Waals surface area (Å²) in [7, 11) is -1.02. The quantitative estimate of drug-likeness (QED) is 0.400. The van der Waals surface area contributed by atoms with Crippen LogP contribution >= 0.6 is 11.6 Å². The molecule has 11 heteroatoms. The molecule has 0 radical (unpaired) electrons. The molecule has 1 atom stereocenters. The lowest BCUT2D eigenvalue weighted by Crippen LogP contribution is -2.54. The van der Waals surface area contributed by atoms with Gasteiger partial charge in [-0.15, -0.1) is 0 Å². The standard InChI is InChI=1S/C28H38ClN3O6S/c1-5-24(28(34)30-21-12-7-6-8-13-21)31(18-20-11-9-10-14-23(20)29)27(33)19-32(39(4,35)36)25-16-15-22(37-2)17-26(25)38-3/h9-11,14-17,21,24H,5-8,12-13,18-19H2,1-4H3,(H,30,34)/t24-/m0/s1. The fraction of sp³-hybridized carbons (Fsp3) is 0.500. The van der Waals surface area contributed by atoms with Gasteiger partial charge in [0.25, 0.3) is 0 Å². The summed E-state index contributed by atoms with van der Waals surface area (Å²) in [6.45, 7) is 1.35. The third-order valence-corrected chi connectivity index (χ3v) is 8.47. The molecule has 1 aliphatic carbocycles. The number of methoxy groups -OCH3 is 2. The summed E-state index contributed by atoms with van der Waals surface area (Å²) in [4.78, 5) is 28.8. The molecule has 39 heavy (non-hydrogen) atoms. The molecule has 3 rings (SSSR count). The second kappa shape index (κ2) is 13.9. The van der Waals surface area contributed by atoms with Crippen LogP contribution in [0.4, 0.5) is 5.69 Å². The van der Waals surface area contributed by atoms with E-state index in [1.165, 1.54) is 25.2 Å². The van der Waals surface area contributed by atoms with Gasteiger partial charge in [0.1, 0.15) is 24.1 Å². The van der Waals surface area contributed by atoms with Crippen LogP contribution in [0.5, 0.6) is 11.5 Å². The number of amides is 2. The van der Waals surface area contributed by atoms with Crippen molar-refractivity contribution in [2.75, 3.05) is 31.3 Å². The Bertz CT molecular complexity index is 1250. The summed E-state index contributed by atoms with van der Waals surface area (Å²) in [6.07, 6.45) is 6.43. The molecule has 0 aromatic heterocycles. The summed E-state index contributed by atoms with van der Waals surface area (Å²) in [5, 5.41) is 3.57. The van der Waals surface area contributed by atoms with Gasteiger partial charge in [0.2, 0.25) is 21.8 Å². The van der Waals surface area contributed by atoms with Crippen molar-refractivity contribution < 1.29 is 27.5 Å². The van der Waals surface area contributed by atoms with E-state index in [-0.39, 0.29) is 29.9 Å². The fourth-order valence-corrected chi connectivity index (χ4v) is 5.91. The second-order valence-electron chi connectivity index (χ2n) is 9.69. The summed E-state index contributed by atoms with van der Waals surface area (Å²) < 4.78 is 37.5. The summed E-state index contributed by atoms with van der Waals surface area (Å²) in [6, 6.07) is 11.0. The summed E-state index contributed by atoms with van der Waals surface area (Å²) in [5.41, 5.74) is 0.843. The predicted octanol–water partition coefficient (Wildman–Crippen LogP) is 4.38. The number of anilines is 1. The predicted molar refractivity (Wildman–Crippen MR) is 153 cm³/mol. The van der Waals surface area contributed by atoms with Gasteiger partial charge in [-0.2, -0.15) is 0 Å². The number of benzene rings is 2. The Hall–Kier alpha value is -2.98. The molecule has 1 aliphatic rings. The zero-order chi connectivity index (χ0) is 28.6. The van der Waals surface area contributed by atoms with E-state index in [1.807, 2.05) is 6.92 Å². The number of sulfonamides is 1. The molecule has 0 bridgehead atoms. The Morgan fingerprint density at radius 2 is 1.77 bits per heavy atom. The van der Waals surface area contributed by atoms with Crippen molar-refractivity contribution >= 4 is 39.1 Å². The van der Waals surface area contributed by atoms with Crippen molar-refractivity contribution in [2.24, 2.45) is 0 Å². The molecule has 2 aromatic carbocycles. The molecule has 0 heterocycles. The van der Waals surface area contributed by atoms with Crippen LogP contribution in [0.1, 0.15) is 51.0 Å². The number of carbonyl (C=O) groups is 2. The largest absolute Gasteiger partial charge is 0.497 e. The molecule has 1 saturated carbocycles. The Morgan fingerprint density at radius 3 is 2.36 bits per heavy atom. The molecule has 2 amide bonds. The van der Waals surface area contributed by atoms with Crippen molar-refractivity contribution in [1.82, 2.24) is 10.2 Å². The Morgan fingerprint density at radius 1 is 1.08 bits per heavy atom. The molecule has 0 saturated heterocycles. The number of hydrogen-bond acceptors (Lipinski definition) is 6. The van der Waals surface area contributed by atoms with E-state index in [1.54, 1.807) is 36.4 Å². The Labute approximate surface area is 236 Å². The fourth-order valence-electron chi connectivity index (χ4n) is 4.86. The number of nitrogens with one attached hydrogen (secondary N) is 1. The van der Waals surface area contributed by atoms with Crippen LogP contribution in [0.15, 0.2) is 42.5 Å². The van der Waals surface area contributed by atoms with Gasteiger partial charge in [-0.05, 0) is 43.0 Å². The average Bonchev–Trinajstić information content (AvgIpc) is 2.92. The van der Waals surface area contributed by atoms with E-state index >= 15 is 0 Å². The maximum Gasteiger partial charge on any atom is 0.244 e. The number of nitrogens with zero attached hydrogens (tertiary/aromatic N) is 2. The van der Waals surface area contributed by atoms with Gasteiger partial charge in [-0.25, -0.2) is 8.42 Å². The van der Waals surface area contributed by atoms with Crippen LogP contribution < -0.4 is 19.1 Å². The van der Waals surface area contributed by atoms with Crippen molar-refractivity contribution in [3.63, 3.8) is 0 Å². The molecule has 0 spiro atoms. The monoisotopic (exact) mass is 579 g/mol. The third kappa shape index (κ3) is 8.02. The molecule has 9 nitrogen and oxygen atoms in total. The smallest absolute Gasteiger partial charge is 0.244 e. The number of carbonyl (C=O) groups excluding carboxylic acids is 2. The summed E-state index contributed by atoms with van der Waals surface area (Å²) in [5.74, 6) is -0.0879. The number of halogens is 1. The van der Waals surface area contributed by atoms with E-state index in [0.717, 1.165) is 42.7 Å². The lowest BCUT2D eigenvalue weighted by molar-refractivity contribution is -0.140. The second-order valence-corrected chi connectivity index (χ2v) is 12.0. The van der Waals surface area contributed by atoms with Gasteiger partial charge in [-0.1, -0.05) is 56.0 Å². The average molecular weight is 580 g/mol. The third-order valence-electron chi connectivity index (χ3n) is 6.97. The molecule has 1 fully saturated rings. The van der Waals surface area contributed by atoms with Gasteiger partial charge in [0.15, 0.2) is 0 Å². The maximum atomic E-state index is 13.9. The lowest BCUT2D eigenvalue weighted by atomic mass is 9.95. The van der Waals surface area contributed by atoms with E-state index in [9.17, 15) is 18.0 Å². The normalized spacial score (nSPS) is 14.8. The Balaban J connectivity index is 1.97. The minimum atomic E-state index is -3.92. The van der Waals surface area contributed by atoms with Gasteiger partial charge in [0, 0.05) is 23.7 Å². The minimum Gasteiger partial charge on any atom is -0.497 e. The number of ether oxygens (including phenoxy) is 2. The Kier molecular flexibility index (Phi) is 10.9. The zero-order valence-corrected chi connectivity index (χ0v) is 24.6. The highest BCUT2D eigenvalue weighted by molar-refractivity contribution is 7.92. The first-order valence-corrected chi connectivity index (χ1v) is 15.3. The van der Waals surface area contributed by atoms with E-state index < -0.39 is 28.5 Å². The zero-order valence-electron chi connectivity index (χ0n) is 23.0. The molecule has 0 aliphatic heterocycles. The molecule has 2 aromatic rings. The van der Waals surface area contributed by atoms with Crippen LogP contribution in [0.2, 0.25) is 5.02 Å². The van der Waals surface area contributed by atoms with Gasteiger partial charge in [-0.3, -0.25) is 13.9 Å². The van der Waals surface area contributed by atoms with Crippen molar-refractivity contribution in [2.45, 2.75) is 64.1 Å². The van der Waals surface area contributed by atoms with Crippen LogP contribution in [0, 0.1) is 0 Å². The highest BCUT2D eigenvalue weighted by Crippen LogP contribution is 2.34. The molecular weight excluding hydrogens is 542 g/mol. The number of rotatable bonds is 12. The first kappa shape index (κ1) is 30.6. The molecular formula is C28H38ClN3O6S. The van der Waals surface area contributed by atoms with Crippen molar-refractivity contribution in [3.05, 3.63) is 53.1 Å². The highest BCUT2D eigenvalue weighted by Gasteiger charge is 2.34. The van der Waals surface area contributed by atoms with Crippen LogP contribution in [0.3, 0.4) is 0 Å². The summed E-state index contributed by atoms with van der Waals surface area (Å²) >= 11 is 6.43. The van der Waals surface area contributed by atoms with Gasteiger partial charge >= 0.3 is 0 Å². The van der Waals surface area contributed by atoms with E-state index in [2.05, 4.69) is 5.32 Å². The van der Waals surface area contributed by atoms with Gasteiger partial charge in [0.05, 0.1) is 26.2 Å². The first-order valence-electron chi connectivity index (χ1n) is 13.1. The van der Waals surface area contributed by atoms with Crippen molar-refractivity contribution in [3.8, 4) is 11.5 Å². The highest BCUT2D eigenvalue weighted by atomic mass is 35.5. The maximum absolute atomic E-state index is 13.9. The minimum absolute atomic E-state index is 0.0481. The topological polar surface area (TPSA) is 105 Å². The SMILES string of the molecule is CC[C@@H](C(=O)NC1CCCCC1)N(Cc1ccccc1Cl)C(=O)CN(c1ccc(OC)cc1OC)S(C)(=O)=O. The molecule has 1 N–H and O–H groups in total. The first-order chi connectivity index (χ1) is 18.6. The molecule has 214 valence electrons. The molecule has 0 unspecified atom stereocenters.